The second-order valence-corrected chi connectivity index (χ2v) is 4.53. The first-order chi connectivity index (χ1) is 9.85. The quantitative estimate of drug-likeness (QED) is 0.836. The van der Waals surface area contributed by atoms with Crippen LogP contribution in [-0.2, 0) is 0 Å². The molecule has 0 aliphatic carbocycles. The average Bonchev–Trinajstić information content (AvgIpc) is 2.41. The highest BCUT2D eigenvalue weighted by Gasteiger charge is 2.31. The average molecular weight is 313 g/mol. The Morgan fingerprint density at radius 2 is 1.76 bits per heavy atom. The minimum atomic E-state index is -4.77. The summed E-state index contributed by atoms with van der Waals surface area (Å²) in [4.78, 5) is 12.1. The molecule has 0 bridgehead atoms. The Balaban J connectivity index is 2.13. The molecule has 1 amide bonds. The molecule has 0 saturated heterocycles. The van der Waals surface area contributed by atoms with Gasteiger partial charge in [0.2, 0.25) is 0 Å². The highest BCUT2D eigenvalue weighted by atomic mass is 32.1. The SMILES string of the molecule is O=C(Nc1ccc(OC(F)(F)F)cc1S)c1ccccc1. The van der Waals surface area contributed by atoms with Crippen molar-refractivity contribution in [3.8, 4) is 5.75 Å². The first-order valence-corrected chi connectivity index (χ1v) is 6.25. The minimum absolute atomic E-state index is 0.168. The number of amides is 1. The van der Waals surface area contributed by atoms with Crippen molar-refractivity contribution < 1.29 is 22.7 Å². The molecule has 0 aliphatic rings. The van der Waals surface area contributed by atoms with Crippen LogP contribution in [0, 0.1) is 0 Å². The normalized spacial score (nSPS) is 11.0. The van der Waals surface area contributed by atoms with Crippen molar-refractivity contribution in [1.29, 1.82) is 0 Å². The van der Waals surface area contributed by atoms with E-state index in [0.29, 0.717) is 11.3 Å². The standard InChI is InChI=1S/C14H10F3NO2S/c15-14(16,17)20-10-6-7-11(12(21)8-10)18-13(19)9-4-2-1-3-5-9/h1-8,21H,(H,18,19). The fourth-order valence-electron chi connectivity index (χ4n) is 1.60. The summed E-state index contributed by atoms with van der Waals surface area (Å²) in [5, 5.41) is 2.56. The predicted molar refractivity (Wildman–Crippen MR) is 74.8 cm³/mol. The maximum absolute atomic E-state index is 12.1. The van der Waals surface area contributed by atoms with Crippen molar-refractivity contribution in [2.24, 2.45) is 0 Å². The Hall–Kier alpha value is -2.15. The summed E-state index contributed by atoms with van der Waals surface area (Å²) >= 11 is 4.04. The number of anilines is 1. The van der Waals surface area contributed by atoms with Gasteiger partial charge in [-0.1, -0.05) is 18.2 Å². The van der Waals surface area contributed by atoms with Gasteiger partial charge in [0.15, 0.2) is 0 Å². The van der Waals surface area contributed by atoms with E-state index < -0.39 is 12.1 Å². The number of hydrogen-bond donors (Lipinski definition) is 2. The van der Waals surface area contributed by atoms with Gasteiger partial charge in [-0.05, 0) is 30.3 Å². The molecule has 0 aromatic heterocycles. The Morgan fingerprint density at radius 1 is 1.10 bits per heavy atom. The molecule has 3 nitrogen and oxygen atoms in total. The van der Waals surface area contributed by atoms with E-state index in [9.17, 15) is 18.0 Å². The number of carbonyl (C=O) groups excluding carboxylic acids is 1. The van der Waals surface area contributed by atoms with E-state index in [1.165, 1.54) is 6.07 Å². The molecule has 2 rings (SSSR count). The molecule has 2 aromatic carbocycles. The number of ether oxygens (including phenoxy) is 1. The summed E-state index contributed by atoms with van der Waals surface area (Å²) < 4.78 is 40.0. The van der Waals surface area contributed by atoms with Crippen LogP contribution in [0.2, 0.25) is 0 Å². The number of rotatable bonds is 3. The summed E-state index contributed by atoms with van der Waals surface area (Å²) in [6.07, 6.45) is -4.77. The molecule has 0 unspecified atom stereocenters. The second kappa shape index (κ2) is 6.09. The van der Waals surface area contributed by atoms with Gasteiger partial charge in [-0.25, -0.2) is 0 Å². The zero-order valence-corrected chi connectivity index (χ0v) is 11.4. The van der Waals surface area contributed by atoms with Crippen LogP contribution in [0.1, 0.15) is 10.4 Å². The fraction of sp³-hybridized carbons (Fsp3) is 0.0714. The van der Waals surface area contributed by atoms with E-state index in [4.69, 9.17) is 0 Å². The van der Waals surface area contributed by atoms with Crippen molar-refractivity contribution in [1.82, 2.24) is 0 Å². The molecular weight excluding hydrogens is 303 g/mol. The molecule has 110 valence electrons. The topological polar surface area (TPSA) is 38.3 Å². The first kappa shape index (κ1) is 15.2. The summed E-state index contributed by atoms with van der Waals surface area (Å²) in [5.74, 6) is -0.777. The molecule has 1 N–H and O–H groups in total. The number of nitrogens with one attached hydrogen (secondary N) is 1. The van der Waals surface area contributed by atoms with Crippen LogP contribution in [0.4, 0.5) is 18.9 Å². The van der Waals surface area contributed by atoms with Crippen LogP contribution < -0.4 is 10.1 Å². The Morgan fingerprint density at radius 3 is 2.33 bits per heavy atom. The summed E-state index contributed by atoms with van der Waals surface area (Å²) in [6.45, 7) is 0. The van der Waals surface area contributed by atoms with Crippen molar-refractivity contribution in [2.75, 3.05) is 5.32 Å². The van der Waals surface area contributed by atoms with Gasteiger partial charge in [0.05, 0.1) is 5.69 Å². The van der Waals surface area contributed by atoms with Gasteiger partial charge in [-0.3, -0.25) is 4.79 Å². The van der Waals surface area contributed by atoms with Crippen molar-refractivity contribution in [3.05, 3.63) is 54.1 Å². The van der Waals surface area contributed by atoms with Crippen molar-refractivity contribution >= 4 is 24.2 Å². The molecular formula is C14H10F3NO2S. The summed E-state index contributed by atoms with van der Waals surface area (Å²) in [5.41, 5.74) is 0.725. The van der Waals surface area contributed by atoms with Gasteiger partial charge in [0.25, 0.3) is 5.91 Å². The third-order valence-electron chi connectivity index (χ3n) is 2.49. The van der Waals surface area contributed by atoms with Crippen LogP contribution in [0.15, 0.2) is 53.4 Å². The van der Waals surface area contributed by atoms with E-state index in [2.05, 4.69) is 22.7 Å². The number of hydrogen-bond acceptors (Lipinski definition) is 3. The van der Waals surface area contributed by atoms with Crippen molar-refractivity contribution in [3.63, 3.8) is 0 Å². The highest BCUT2D eigenvalue weighted by molar-refractivity contribution is 7.80. The van der Waals surface area contributed by atoms with Crippen LogP contribution >= 0.6 is 12.6 Å². The van der Waals surface area contributed by atoms with Crippen LogP contribution in [0.5, 0.6) is 5.75 Å². The lowest BCUT2D eigenvalue weighted by Crippen LogP contribution is -2.17. The Bertz CT molecular complexity index is 644. The monoisotopic (exact) mass is 313 g/mol. The molecule has 0 radical (unpaired) electrons. The van der Waals surface area contributed by atoms with Gasteiger partial charge in [0, 0.05) is 10.5 Å². The molecule has 0 fully saturated rings. The third-order valence-corrected chi connectivity index (χ3v) is 2.86. The number of benzene rings is 2. The Kier molecular flexibility index (Phi) is 4.42. The van der Waals surface area contributed by atoms with Gasteiger partial charge < -0.3 is 10.1 Å². The highest BCUT2D eigenvalue weighted by Crippen LogP contribution is 2.29. The van der Waals surface area contributed by atoms with Gasteiger partial charge in [0.1, 0.15) is 5.75 Å². The molecule has 0 saturated carbocycles. The molecule has 0 heterocycles. The summed E-state index contributed by atoms with van der Waals surface area (Å²) in [6, 6.07) is 11.9. The lowest BCUT2D eigenvalue weighted by Gasteiger charge is -2.12. The zero-order valence-electron chi connectivity index (χ0n) is 10.5. The third kappa shape index (κ3) is 4.42. The van der Waals surface area contributed by atoms with E-state index in [-0.39, 0.29) is 10.8 Å². The maximum atomic E-state index is 12.1. The largest absolute Gasteiger partial charge is 0.573 e. The molecule has 7 heteroatoms. The molecule has 2 aromatic rings. The summed E-state index contributed by atoms with van der Waals surface area (Å²) in [7, 11) is 0. The maximum Gasteiger partial charge on any atom is 0.573 e. The minimum Gasteiger partial charge on any atom is -0.406 e. The zero-order chi connectivity index (χ0) is 15.5. The van der Waals surface area contributed by atoms with Gasteiger partial charge >= 0.3 is 6.36 Å². The second-order valence-electron chi connectivity index (χ2n) is 4.05. The van der Waals surface area contributed by atoms with Crippen molar-refractivity contribution in [2.45, 2.75) is 11.3 Å². The van der Waals surface area contributed by atoms with E-state index in [1.807, 2.05) is 0 Å². The fourth-order valence-corrected chi connectivity index (χ4v) is 1.86. The molecule has 0 spiro atoms. The molecule has 0 aliphatic heterocycles. The van der Waals surface area contributed by atoms with Gasteiger partial charge in [-0.2, -0.15) is 0 Å². The number of alkyl halides is 3. The predicted octanol–water partition coefficient (Wildman–Crippen LogP) is 4.13. The lowest BCUT2D eigenvalue weighted by molar-refractivity contribution is -0.274. The Labute approximate surface area is 124 Å². The van der Waals surface area contributed by atoms with Crippen LogP contribution in [0.25, 0.3) is 0 Å². The first-order valence-electron chi connectivity index (χ1n) is 5.80. The van der Waals surface area contributed by atoms with Gasteiger partial charge in [-0.15, -0.1) is 25.8 Å². The van der Waals surface area contributed by atoms with Crippen LogP contribution in [-0.4, -0.2) is 12.3 Å². The lowest BCUT2D eigenvalue weighted by atomic mass is 10.2. The van der Waals surface area contributed by atoms with Crippen LogP contribution in [0.3, 0.4) is 0 Å². The van der Waals surface area contributed by atoms with E-state index in [0.717, 1.165) is 12.1 Å². The van der Waals surface area contributed by atoms with E-state index >= 15 is 0 Å². The number of carbonyl (C=O) groups is 1. The smallest absolute Gasteiger partial charge is 0.406 e. The number of thiol groups is 1. The molecule has 0 atom stereocenters. The van der Waals surface area contributed by atoms with E-state index in [1.54, 1.807) is 30.3 Å². The molecule has 21 heavy (non-hydrogen) atoms. The number of halogens is 3.